The minimum Gasteiger partial charge on any atom is -0.497 e. The minimum absolute atomic E-state index is 0.0261. The van der Waals surface area contributed by atoms with E-state index in [9.17, 15) is 9.59 Å². The zero-order chi connectivity index (χ0) is 26.8. The molecule has 0 aromatic heterocycles. The number of nitrogens with zero attached hydrogens (tertiary/aromatic N) is 3. The number of ether oxygens (including phenoxy) is 1. The Hall–Kier alpha value is -3.62. The third-order valence-corrected chi connectivity index (χ3v) is 7.78. The van der Waals surface area contributed by atoms with E-state index in [2.05, 4.69) is 10.3 Å². The Morgan fingerprint density at radius 1 is 1.08 bits per heavy atom. The molecule has 0 spiro atoms. The summed E-state index contributed by atoms with van der Waals surface area (Å²) in [7, 11) is 1.63. The molecule has 2 aliphatic heterocycles. The van der Waals surface area contributed by atoms with E-state index >= 15 is 0 Å². The quantitative estimate of drug-likeness (QED) is 0.401. The van der Waals surface area contributed by atoms with Crippen molar-refractivity contribution >= 4 is 51.7 Å². The number of amidine groups is 1. The number of amides is 2. The Kier molecular flexibility index (Phi) is 7.53. The summed E-state index contributed by atoms with van der Waals surface area (Å²) in [6.07, 6.45) is 0.651. The van der Waals surface area contributed by atoms with E-state index in [1.165, 1.54) is 11.8 Å². The smallest absolute Gasteiger partial charge is 0.262 e. The molecule has 38 heavy (non-hydrogen) atoms. The maximum Gasteiger partial charge on any atom is 0.262 e. The zero-order valence-corrected chi connectivity index (χ0v) is 22.8. The van der Waals surface area contributed by atoms with E-state index in [-0.39, 0.29) is 24.3 Å². The van der Waals surface area contributed by atoms with Crippen molar-refractivity contribution in [1.82, 2.24) is 5.01 Å². The molecule has 2 atom stereocenters. The highest BCUT2D eigenvalue weighted by atomic mass is 35.5. The van der Waals surface area contributed by atoms with Gasteiger partial charge >= 0.3 is 0 Å². The maximum atomic E-state index is 12.9. The molecule has 0 saturated heterocycles. The van der Waals surface area contributed by atoms with Crippen LogP contribution in [-0.4, -0.2) is 40.1 Å². The Morgan fingerprint density at radius 2 is 1.76 bits per heavy atom. The van der Waals surface area contributed by atoms with Crippen LogP contribution in [0.15, 0.2) is 76.8 Å². The molecule has 0 radical (unpaired) electrons. The SMILES string of the molecule is COc1ccc([C@H]2CC(c3ccc(Cl)cc3)=NN2C2=NC(=O)[C@@H](CC(=O)Nc3cc(C)cc(C)c3)S2)cc1. The highest BCUT2D eigenvalue weighted by molar-refractivity contribution is 8.15. The number of hydrogen-bond acceptors (Lipinski definition) is 6. The van der Waals surface area contributed by atoms with Crippen LogP contribution in [0.4, 0.5) is 5.69 Å². The molecule has 0 bridgehead atoms. The van der Waals surface area contributed by atoms with Crippen molar-refractivity contribution in [3.8, 4) is 5.75 Å². The monoisotopic (exact) mass is 546 g/mol. The third kappa shape index (κ3) is 5.76. The lowest BCUT2D eigenvalue weighted by Crippen LogP contribution is -2.25. The van der Waals surface area contributed by atoms with E-state index in [1.54, 1.807) is 12.1 Å². The van der Waals surface area contributed by atoms with Gasteiger partial charge in [-0.25, -0.2) is 5.01 Å². The molecule has 0 fully saturated rings. The van der Waals surface area contributed by atoms with E-state index in [4.69, 9.17) is 21.4 Å². The van der Waals surface area contributed by atoms with Crippen LogP contribution >= 0.6 is 23.4 Å². The first kappa shape index (κ1) is 26.0. The first-order valence-electron chi connectivity index (χ1n) is 12.2. The largest absolute Gasteiger partial charge is 0.497 e. The summed E-state index contributed by atoms with van der Waals surface area (Å²) < 4.78 is 5.32. The summed E-state index contributed by atoms with van der Waals surface area (Å²) in [6.45, 7) is 3.96. The van der Waals surface area contributed by atoms with Gasteiger partial charge in [-0.05, 0) is 72.5 Å². The molecular formula is C29H27ClN4O3S. The molecule has 2 heterocycles. The lowest BCUT2D eigenvalue weighted by molar-refractivity contribution is -0.121. The topological polar surface area (TPSA) is 83.4 Å². The minimum atomic E-state index is -0.609. The van der Waals surface area contributed by atoms with Crippen molar-refractivity contribution < 1.29 is 14.3 Å². The van der Waals surface area contributed by atoms with Gasteiger partial charge in [0.2, 0.25) is 5.91 Å². The second-order valence-corrected chi connectivity index (χ2v) is 11.0. The average Bonchev–Trinajstić information content (AvgIpc) is 3.48. The highest BCUT2D eigenvalue weighted by Gasteiger charge is 2.39. The molecule has 5 rings (SSSR count). The van der Waals surface area contributed by atoms with Crippen molar-refractivity contribution in [3.63, 3.8) is 0 Å². The van der Waals surface area contributed by atoms with E-state index < -0.39 is 5.25 Å². The summed E-state index contributed by atoms with van der Waals surface area (Å²) >= 11 is 7.37. The summed E-state index contributed by atoms with van der Waals surface area (Å²) in [5, 5.41) is 10.1. The number of carbonyl (C=O) groups is 2. The second kappa shape index (κ2) is 11.0. The zero-order valence-electron chi connectivity index (χ0n) is 21.3. The van der Waals surface area contributed by atoms with Gasteiger partial charge in [0.1, 0.15) is 11.0 Å². The number of rotatable bonds is 6. The van der Waals surface area contributed by atoms with Crippen LogP contribution in [0.25, 0.3) is 0 Å². The van der Waals surface area contributed by atoms with E-state index in [0.29, 0.717) is 16.6 Å². The van der Waals surface area contributed by atoms with Crippen LogP contribution in [0.1, 0.15) is 41.1 Å². The number of halogens is 1. The Bertz CT molecular complexity index is 1420. The fraction of sp³-hybridized carbons (Fsp3) is 0.241. The Morgan fingerprint density at radius 3 is 2.42 bits per heavy atom. The normalized spacial score (nSPS) is 18.8. The number of hydrazone groups is 1. The molecule has 194 valence electrons. The summed E-state index contributed by atoms with van der Waals surface area (Å²) in [4.78, 5) is 30.0. The van der Waals surface area contributed by atoms with Gasteiger partial charge in [-0.15, -0.1) is 0 Å². The molecule has 7 nitrogen and oxygen atoms in total. The first-order chi connectivity index (χ1) is 18.3. The number of carbonyl (C=O) groups excluding carboxylic acids is 2. The standard InChI is InChI=1S/C29H27ClN4O3S/c1-17-12-18(2)14-22(13-17)31-27(35)16-26-28(36)32-29(38-26)34-25(20-6-10-23(37-3)11-7-20)15-24(33-34)19-4-8-21(30)9-5-19/h4-14,25-26H,15-16H2,1-3H3,(H,31,35)/t25-,26-/m1/s1. The molecule has 3 aromatic carbocycles. The van der Waals surface area contributed by atoms with Crippen LogP contribution < -0.4 is 10.1 Å². The number of methoxy groups -OCH3 is 1. The first-order valence-corrected chi connectivity index (χ1v) is 13.5. The van der Waals surface area contributed by atoms with Crippen molar-refractivity contribution in [1.29, 1.82) is 0 Å². The molecular weight excluding hydrogens is 520 g/mol. The van der Waals surface area contributed by atoms with Gasteiger partial charge in [-0.3, -0.25) is 9.59 Å². The fourth-order valence-corrected chi connectivity index (χ4v) is 5.81. The summed E-state index contributed by atoms with van der Waals surface area (Å²) in [5.41, 5.74) is 5.69. The van der Waals surface area contributed by atoms with Gasteiger partial charge in [-0.2, -0.15) is 10.1 Å². The fourth-order valence-electron chi connectivity index (χ4n) is 4.62. The average molecular weight is 547 g/mol. The van der Waals surface area contributed by atoms with Crippen molar-refractivity contribution in [3.05, 3.63) is 94.0 Å². The number of aliphatic imine (C=N–C) groups is 1. The number of thioether (sulfide) groups is 1. The van der Waals surface area contributed by atoms with Crippen LogP contribution in [0.3, 0.4) is 0 Å². The predicted molar refractivity (Wildman–Crippen MR) is 153 cm³/mol. The number of nitrogens with one attached hydrogen (secondary N) is 1. The number of benzene rings is 3. The van der Waals surface area contributed by atoms with Crippen molar-refractivity contribution in [2.75, 3.05) is 12.4 Å². The van der Waals surface area contributed by atoms with Crippen LogP contribution in [-0.2, 0) is 9.59 Å². The lowest BCUT2D eigenvalue weighted by atomic mass is 9.98. The van der Waals surface area contributed by atoms with Crippen molar-refractivity contribution in [2.24, 2.45) is 10.1 Å². The lowest BCUT2D eigenvalue weighted by Gasteiger charge is -2.23. The van der Waals surface area contributed by atoms with Gasteiger partial charge in [0, 0.05) is 23.6 Å². The highest BCUT2D eigenvalue weighted by Crippen LogP contribution is 2.39. The van der Waals surface area contributed by atoms with Crippen LogP contribution in [0.2, 0.25) is 5.02 Å². The molecule has 2 amide bonds. The van der Waals surface area contributed by atoms with E-state index in [1.807, 2.05) is 80.6 Å². The molecule has 9 heteroatoms. The molecule has 0 aliphatic carbocycles. The molecule has 1 N–H and O–H groups in total. The maximum absolute atomic E-state index is 12.9. The number of aryl methyl sites for hydroxylation is 2. The molecule has 3 aromatic rings. The van der Waals surface area contributed by atoms with E-state index in [0.717, 1.165) is 39.4 Å². The molecule has 0 unspecified atom stereocenters. The number of anilines is 1. The van der Waals surface area contributed by atoms with Crippen LogP contribution in [0.5, 0.6) is 5.75 Å². The van der Waals surface area contributed by atoms with Crippen LogP contribution in [0, 0.1) is 13.8 Å². The van der Waals surface area contributed by atoms with Gasteiger partial charge in [0.15, 0.2) is 5.17 Å². The third-order valence-electron chi connectivity index (χ3n) is 6.39. The number of hydrogen-bond donors (Lipinski definition) is 1. The molecule has 0 saturated carbocycles. The Labute approximate surface area is 230 Å². The second-order valence-electron chi connectivity index (χ2n) is 9.36. The van der Waals surface area contributed by atoms with Gasteiger partial charge < -0.3 is 10.1 Å². The summed E-state index contributed by atoms with van der Waals surface area (Å²) in [6, 6.07) is 21.0. The van der Waals surface area contributed by atoms with Gasteiger partial charge in [-0.1, -0.05) is 53.7 Å². The summed E-state index contributed by atoms with van der Waals surface area (Å²) in [5.74, 6) is 0.203. The Balaban J connectivity index is 1.35. The predicted octanol–water partition coefficient (Wildman–Crippen LogP) is 6.14. The van der Waals surface area contributed by atoms with Crippen molar-refractivity contribution in [2.45, 2.75) is 38.0 Å². The van der Waals surface area contributed by atoms with Gasteiger partial charge in [0.25, 0.3) is 5.91 Å². The van der Waals surface area contributed by atoms with Gasteiger partial charge in [0.05, 0.1) is 18.9 Å². The molecule has 2 aliphatic rings.